The van der Waals surface area contributed by atoms with Crippen molar-refractivity contribution >= 4 is 17.5 Å². The second-order valence-electron chi connectivity index (χ2n) is 8.65. The van der Waals surface area contributed by atoms with Gasteiger partial charge in [-0.2, -0.15) is 8.78 Å². The molecule has 2 amide bonds. The van der Waals surface area contributed by atoms with E-state index < -0.39 is 35.4 Å². The highest BCUT2D eigenvalue weighted by Gasteiger charge is 2.54. The van der Waals surface area contributed by atoms with Gasteiger partial charge in [-0.3, -0.25) is 14.6 Å². The lowest BCUT2D eigenvalue weighted by Gasteiger charge is -2.49. The fourth-order valence-electron chi connectivity index (χ4n) is 4.19. The first kappa shape index (κ1) is 24.0. The summed E-state index contributed by atoms with van der Waals surface area (Å²) in [7, 11) is 0. The summed E-state index contributed by atoms with van der Waals surface area (Å²) in [5, 5.41) is 8.48. The number of hydrogen-bond acceptors (Lipinski definition) is 6. The number of nitrogens with one attached hydrogen (secondary N) is 3. The van der Waals surface area contributed by atoms with Crippen molar-refractivity contribution in [2.45, 2.75) is 38.7 Å². The van der Waals surface area contributed by atoms with E-state index in [4.69, 9.17) is 0 Å². The molecule has 0 bridgehead atoms. The van der Waals surface area contributed by atoms with Gasteiger partial charge in [0.15, 0.2) is 0 Å². The summed E-state index contributed by atoms with van der Waals surface area (Å²) in [5.41, 5.74) is 0.245. The Bertz CT molecular complexity index is 1310. The monoisotopic (exact) mass is 486 g/mol. The SMILES string of the molecule is Cc1ccc(NC(=O)C2(c3ccccc3C(C)C)CN(C(=O)c3n[nH]c(=O)[nH]3)C2)c(OC(F)F)n1. The smallest absolute Gasteiger partial charge is 0.388 e. The molecule has 0 radical (unpaired) electrons. The summed E-state index contributed by atoms with van der Waals surface area (Å²) >= 11 is 0. The minimum atomic E-state index is -3.12. The van der Waals surface area contributed by atoms with Crippen LogP contribution in [0.3, 0.4) is 0 Å². The molecule has 3 aromatic rings. The van der Waals surface area contributed by atoms with Gasteiger partial charge in [0, 0.05) is 18.8 Å². The average Bonchev–Trinajstić information content (AvgIpc) is 3.21. The van der Waals surface area contributed by atoms with Crippen molar-refractivity contribution < 1.29 is 23.1 Å². The van der Waals surface area contributed by atoms with E-state index in [1.54, 1.807) is 19.1 Å². The molecule has 0 atom stereocenters. The number of aromatic amines is 2. The molecule has 4 rings (SSSR count). The number of amides is 2. The number of ether oxygens (including phenoxy) is 1. The Hall–Kier alpha value is -4.09. The van der Waals surface area contributed by atoms with Crippen LogP contribution < -0.4 is 15.7 Å². The minimum absolute atomic E-state index is 0.0105. The van der Waals surface area contributed by atoms with Crippen LogP contribution in [0.15, 0.2) is 41.2 Å². The summed E-state index contributed by atoms with van der Waals surface area (Å²) in [6, 6.07) is 10.4. The topological polar surface area (TPSA) is 133 Å². The van der Waals surface area contributed by atoms with Crippen LogP contribution >= 0.6 is 0 Å². The predicted molar refractivity (Wildman–Crippen MR) is 122 cm³/mol. The first-order chi connectivity index (χ1) is 16.6. The number of rotatable bonds is 7. The first-order valence-corrected chi connectivity index (χ1v) is 10.9. The molecule has 35 heavy (non-hydrogen) atoms. The third kappa shape index (κ3) is 4.63. The molecule has 0 aliphatic carbocycles. The summed E-state index contributed by atoms with van der Waals surface area (Å²) in [6.07, 6.45) is 0. The number of carbonyl (C=O) groups is 2. The molecule has 0 spiro atoms. The predicted octanol–water partition coefficient (Wildman–Crippen LogP) is 2.56. The quantitative estimate of drug-likeness (QED) is 0.470. The number of benzene rings is 1. The van der Waals surface area contributed by atoms with E-state index in [0.29, 0.717) is 11.3 Å². The van der Waals surface area contributed by atoms with Crippen molar-refractivity contribution in [3.05, 3.63) is 69.5 Å². The number of pyridine rings is 1. The van der Waals surface area contributed by atoms with Crippen molar-refractivity contribution in [3.63, 3.8) is 0 Å². The molecule has 2 aromatic heterocycles. The molecule has 1 aliphatic heterocycles. The number of aromatic nitrogens is 4. The van der Waals surface area contributed by atoms with E-state index in [1.165, 1.54) is 11.0 Å². The van der Waals surface area contributed by atoms with Gasteiger partial charge >= 0.3 is 12.3 Å². The number of hydrogen-bond donors (Lipinski definition) is 3. The second kappa shape index (κ2) is 9.28. The number of anilines is 1. The summed E-state index contributed by atoms with van der Waals surface area (Å²) in [6.45, 7) is 2.43. The van der Waals surface area contributed by atoms with Gasteiger partial charge in [0.25, 0.3) is 5.91 Å². The molecule has 0 saturated carbocycles. The van der Waals surface area contributed by atoms with E-state index in [-0.39, 0.29) is 30.5 Å². The Labute approximate surface area is 198 Å². The lowest BCUT2D eigenvalue weighted by Crippen LogP contribution is -2.66. The maximum absolute atomic E-state index is 13.7. The second-order valence-corrected chi connectivity index (χ2v) is 8.65. The largest absolute Gasteiger partial charge is 0.415 e. The summed E-state index contributed by atoms with van der Waals surface area (Å²) < 4.78 is 30.4. The van der Waals surface area contributed by atoms with Gasteiger partial charge < -0.3 is 15.0 Å². The molecule has 3 heterocycles. The van der Waals surface area contributed by atoms with E-state index >= 15 is 0 Å². The molecule has 0 unspecified atom stereocenters. The highest BCUT2D eigenvalue weighted by Crippen LogP contribution is 2.41. The molecule has 1 aromatic carbocycles. The fourth-order valence-corrected chi connectivity index (χ4v) is 4.19. The Morgan fingerprint density at radius 3 is 2.51 bits per heavy atom. The number of nitrogens with zero attached hydrogens (tertiary/aromatic N) is 3. The lowest BCUT2D eigenvalue weighted by molar-refractivity contribution is -0.126. The van der Waals surface area contributed by atoms with Crippen LogP contribution in [0.5, 0.6) is 5.88 Å². The van der Waals surface area contributed by atoms with Gasteiger partial charge in [0.1, 0.15) is 11.1 Å². The first-order valence-electron chi connectivity index (χ1n) is 10.9. The Morgan fingerprint density at radius 2 is 1.89 bits per heavy atom. The number of carbonyl (C=O) groups excluding carboxylic acids is 2. The van der Waals surface area contributed by atoms with Crippen molar-refractivity contribution in [1.82, 2.24) is 25.1 Å². The van der Waals surface area contributed by atoms with Gasteiger partial charge in [-0.15, -0.1) is 5.10 Å². The molecule has 1 fully saturated rings. The Kier molecular flexibility index (Phi) is 6.37. The summed E-state index contributed by atoms with van der Waals surface area (Å²) in [4.78, 5) is 45.5. The van der Waals surface area contributed by atoms with Crippen LogP contribution in [0.2, 0.25) is 0 Å². The maximum atomic E-state index is 13.7. The van der Waals surface area contributed by atoms with E-state index in [1.807, 2.05) is 32.0 Å². The van der Waals surface area contributed by atoms with E-state index in [9.17, 15) is 23.2 Å². The van der Waals surface area contributed by atoms with Crippen molar-refractivity contribution in [1.29, 1.82) is 0 Å². The number of alkyl halides is 2. The van der Waals surface area contributed by atoms with Gasteiger partial charge in [0.05, 0.1) is 0 Å². The maximum Gasteiger partial charge on any atom is 0.388 e. The molecular formula is C23H24F2N6O4. The standard InChI is InChI=1S/C23H24F2N6O4/c1-12(2)14-6-4-5-7-15(14)23(10-31(11-23)19(32)17-28-22(34)30-29-17)20(33)27-16-9-8-13(3)26-18(16)35-21(24)25/h4-9,12,21H,10-11H2,1-3H3,(H,27,33)(H2,28,29,30,34). The third-order valence-corrected chi connectivity index (χ3v) is 5.89. The zero-order valence-electron chi connectivity index (χ0n) is 19.3. The fraction of sp³-hybridized carbons (Fsp3) is 0.348. The summed E-state index contributed by atoms with van der Waals surface area (Å²) in [5.74, 6) is -1.55. The molecule has 1 saturated heterocycles. The van der Waals surface area contributed by atoms with E-state index in [2.05, 4.69) is 30.2 Å². The van der Waals surface area contributed by atoms with Crippen molar-refractivity contribution in [2.75, 3.05) is 18.4 Å². The lowest BCUT2D eigenvalue weighted by atomic mass is 9.69. The van der Waals surface area contributed by atoms with Crippen LogP contribution in [0.1, 0.15) is 47.2 Å². The van der Waals surface area contributed by atoms with Crippen LogP contribution in [0.25, 0.3) is 0 Å². The molecule has 3 N–H and O–H groups in total. The van der Waals surface area contributed by atoms with Crippen molar-refractivity contribution in [2.24, 2.45) is 0 Å². The zero-order chi connectivity index (χ0) is 25.3. The van der Waals surface area contributed by atoms with Gasteiger partial charge in [-0.1, -0.05) is 38.1 Å². The normalized spacial score (nSPS) is 14.7. The number of H-pyrrole nitrogens is 2. The highest BCUT2D eigenvalue weighted by molar-refractivity contribution is 6.03. The van der Waals surface area contributed by atoms with Crippen LogP contribution in [0.4, 0.5) is 14.5 Å². The molecule has 1 aliphatic rings. The molecule has 184 valence electrons. The third-order valence-electron chi connectivity index (χ3n) is 5.89. The van der Waals surface area contributed by atoms with Crippen LogP contribution in [0, 0.1) is 6.92 Å². The van der Waals surface area contributed by atoms with Gasteiger partial charge in [0.2, 0.25) is 17.6 Å². The number of halogens is 2. The highest BCUT2D eigenvalue weighted by atomic mass is 19.3. The van der Waals surface area contributed by atoms with Crippen LogP contribution in [-0.2, 0) is 10.2 Å². The molecule has 10 nitrogen and oxygen atoms in total. The number of aryl methyl sites for hydroxylation is 1. The van der Waals surface area contributed by atoms with E-state index in [0.717, 1.165) is 5.56 Å². The Morgan fingerprint density at radius 1 is 1.17 bits per heavy atom. The van der Waals surface area contributed by atoms with Crippen LogP contribution in [-0.4, -0.2) is 56.6 Å². The minimum Gasteiger partial charge on any atom is -0.415 e. The Balaban J connectivity index is 1.70. The van der Waals surface area contributed by atoms with Crippen molar-refractivity contribution in [3.8, 4) is 5.88 Å². The van der Waals surface area contributed by atoms with Gasteiger partial charge in [-0.05, 0) is 36.1 Å². The number of likely N-dealkylation sites (tertiary alicyclic amines) is 1. The molecule has 12 heteroatoms. The van der Waals surface area contributed by atoms with Gasteiger partial charge in [-0.25, -0.2) is 14.9 Å². The zero-order valence-corrected chi connectivity index (χ0v) is 19.3. The average molecular weight is 486 g/mol. The molecular weight excluding hydrogens is 462 g/mol.